The fraction of sp³-hybridized carbons (Fsp3) is 0.928. The number of nitrogens with one attached hydrogen (secondary N) is 1. The molecule has 3 saturated heterocycles. The van der Waals surface area contributed by atoms with Gasteiger partial charge in [-0.15, -0.1) is 0 Å². The predicted molar refractivity (Wildman–Crippen MR) is 342 cm³/mol. The molecule has 518 valence electrons. The van der Waals surface area contributed by atoms with Crippen LogP contribution >= 0.6 is 0 Å². The van der Waals surface area contributed by atoms with Gasteiger partial charge in [0.25, 0.3) is 0 Å². The van der Waals surface area contributed by atoms with Gasteiger partial charge in [-0.1, -0.05) is 250 Å². The Morgan fingerprint density at radius 3 is 1.10 bits per heavy atom. The Morgan fingerprint density at radius 1 is 0.398 bits per heavy atom. The zero-order valence-corrected chi connectivity index (χ0v) is 54.7. The number of ether oxygens (including phenoxy) is 6. The van der Waals surface area contributed by atoms with E-state index in [0.29, 0.717) is 6.42 Å². The average molecular weight is 1260 g/mol. The first-order valence-electron chi connectivity index (χ1n) is 35.6. The quantitative estimate of drug-likeness (QED) is 0.0199. The first kappa shape index (κ1) is 80.5. The molecule has 0 radical (unpaired) electrons. The van der Waals surface area contributed by atoms with Crippen molar-refractivity contribution in [2.75, 3.05) is 26.4 Å². The van der Waals surface area contributed by atoms with Crippen molar-refractivity contribution in [3.8, 4) is 0 Å². The molecule has 0 aromatic carbocycles. The van der Waals surface area contributed by atoms with Gasteiger partial charge in [-0.25, -0.2) is 0 Å². The minimum atomic E-state index is -1.98. The normalized spacial score (nSPS) is 28.5. The van der Waals surface area contributed by atoms with Gasteiger partial charge in [0.15, 0.2) is 18.9 Å². The van der Waals surface area contributed by atoms with Crippen LogP contribution in [-0.2, 0) is 33.2 Å². The van der Waals surface area contributed by atoms with E-state index < -0.39 is 124 Å². The fourth-order valence-electron chi connectivity index (χ4n) is 12.2. The van der Waals surface area contributed by atoms with E-state index >= 15 is 0 Å². The van der Waals surface area contributed by atoms with Crippen LogP contribution in [0.4, 0.5) is 0 Å². The first-order valence-corrected chi connectivity index (χ1v) is 35.6. The third-order valence-electron chi connectivity index (χ3n) is 18.0. The molecular weight excluding hydrogens is 1130 g/mol. The van der Waals surface area contributed by atoms with Crippen molar-refractivity contribution >= 4 is 5.91 Å². The topological polar surface area (TPSA) is 307 Å². The maximum Gasteiger partial charge on any atom is 0.220 e. The van der Waals surface area contributed by atoms with E-state index in [1.165, 1.54) is 186 Å². The Kier molecular flexibility index (Phi) is 47.3. The summed E-state index contributed by atoms with van der Waals surface area (Å²) in [4.78, 5) is 13.4. The highest BCUT2D eigenvalue weighted by Gasteiger charge is 2.53. The molecule has 17 unspecified atom stereocenters. The van der Waals surface area contributed by atoms with Crippen LogP contribution in [0.15, 0.2) is 24.3 Å². The van der Waals surface area contributed by atoms with Crippen LogP contribution < -0.4 is 5.32 Å². The van der Waals surface area contributed by atoms with E-state index in [9.17, 15) is 61.0 Å². The molecule has 1 amide bonds. The summed E-state index contributed by atoms with van der Waals surface area (Å²) in [5.74, 6) is -0.281. The number of carbonyl (C=O) groups is 1. The van der Waals surface area contributed by atoms with E-state index in [2.05, 4.69) is 31.3 Å². The summed E-state index contributed by atoms with van der Waals surface area (Å²) in [7, 11) is 0. The third-order valence-corrected chi connectivity index (χ3v) is 18.0. The second-order valence-corrected chi connectivity index (χ2v) is 25.7. The number of aliphatic hydroxyl groups is 11. The standard InChI is InChI=1S/C69H129NO18/c1-3-5-7-9-11-13-15-17-19-20-21-22-23-24-25-26-27-28-29-30-31-33-34-36-38-40-42-44-46-53(74)52(70-57(75)47-45-43-41-39-37-35-32-18-16-14-12-10-8-6-4-2)51-83-67-63(81)60(78)65(55(49-72)85-67)88-69-64(82)61(79)66(56(50-73)86-69)87-68-62(80)59(77)58(76)54(48-71)84-68/h18,32,44,46,52-56,58-69,71-74,76-82H,3-17,19-31,33-43,45,47-51H2,1-2H3,(H,70,75)/b32-18-,46-44+. The number of amides is 1. The fourth-order valence-corrected chi connectivity index (χ4v) is 12.2. The summed E-state index contributed by atoms with van der Waals surface area (Å²) in [5, 5.41) is 120. The monoisotopic (exact) mass is 1260 g/mol. The number of hydrogen-bond acceptors (Lipinski definition) is 18. The summed E-state index contributed by atoms with van der Waals surface area (Å²) in [6.07, 6.45) is 31.7. The molecule has 3 heterocycles. The summed E-state index contributed by atoms with van der Waals surface area (Å²) in [5.41, 5.74) is 0. The van der Waals surface area contributed by atoms with Gasteiger partial charge < -0.3 is 89.9 Å². The molecule has 19 nitrogen and oxygen atoms in total. The summed E-state index contributed by atoms with van der Waals surface area (Å²) in [6, 6.07) is -0.976. The third kappa shape index (κ3) is 33.4. The van der Waals surface area contributed by atoms with Gasteiger partial charge in [0.2, 0.25) is 5.91 Å². The molecule has 0 aromatic rings. The highest BCUT2D eigenvalue weighted by Crippen LogP contribution is 2.33. The molecule has 17 atom stereocenters. The van der Waals surface area contributed by atoms with Gasteiger partial charge in [0.1, 0.15) is 73.2 Å². The molecule has 0 aromatic heterocycles. The molecule has 3 rings (SSSR count). The van der Waals surface area contributed by atoms with Crippen molar-refractivity contribution in [3.05, 3.63) is 24.3 Å². The predicted octanol–water partition coefficient (Wildman–Crippen LogP) is 9.44. The number of aliphatic hydroxyl groups excluding tert-OH is 11. The summed E-state index contributed by atoms with van der Waals surface area (Å²) in [6.45, 7) is 1.75. The maximum absolute atomic E-state index is 13.4. The lowest BCUT2D eigenvalue weighted by atomic mass is 9.96. The second-order valence-electron chi connectivity index (χ2n) is 25.7. The zero-order valence-electron chi connectivity index (χ0n) is 54.7. The molecule has 12 N–H and O–H groups in total. The lowest BCUT2D eigenvalue weighted by Crippen LogP contribution is -2.66. The van der Waals surface area contributed by atoms with Crippen molar-refractivity contribution in [1.29, 1.82) is 0 Å². The zero-order chi connectivity index (χ0) is 64.0. The molecule has 88 heavy (non-hydrogen) atoms. The first-order chi connectivity index (χ1) is 42.8. The van der Waals surface area contributed by atoms with Crippen LogP contribution in [0.3, 0.4) is 0 Å². The van der Waals surface area contributed by atoms with E-state index in [1.54, 1.807) is 6.08 Å². The van der Waals surface area contributed by atoms with Crippen LogP contribution in [0.2, 0.25) is 0 Å². The second kappa shape index (κ2) is 51.7. The number of hydrogen-bond donors (Lipinski definition) is 12. The van der Waals surface area contributed by atoms with Gasteiger partial charge in [-0.05, 0) is 44.9 Å². The smallest absolute Gasteiger partial charge is 0.220 e. The van der Waals surface area contributed by atoms with Crippen molar-refractivity contribution in [2.45, 2.75) is 381 Å². The minimum absolute atomic E-state index is 0.235. The number of unbranched alkanes of at least 4 members (excludes halogenated alkanes) is 37. The van der Waals surface area contributed by atoms with Crippen molar-refractivity contribution < 1.29 is 89.4 Å². The van der Waals surface area contributed by atoms with Gasteiger partial charge in [0.05, 0.1) is 38.6 Å². The average Bonchev–Trinajstić information content (AvgIpc) is 3.59. The van der Waals surface area contributed by atoms with E-state index in [-0.39, 0.29) is 18.9 Å². The number of carbonyl (C=O) groups excluding carboxylic acids is 1. The molecule has 3 aliphatic heterocycles. The highest BCUT2D eigenvalue weighted by molar-refractivity contribution is 5.76. The molecular formula is C69H129NO18. The van der Waals surface area contributed by atoms with Gasteiger partial charge in [0, 0.05) is 6.42 Å². The van der Waals surface area contributed by atoms with E-state index in [1.807, 2.05) is 6.08 Å². The molecule has 0 bridgehead atoms. The van der Waals surface area contributed by atoms with Gasteiger partial charge in [-0.3, -0.25) is 4.79 Å². The Morgan fingerprint density at radius 2 is 0.716 bits per heavy atom. The lowest BCUT2D eigenvalue weighted by Gasteiger charge is -2.48. The Hall–Kier alpha value is -1.73. The SMILES string of the molecule is CCCCCCCC/C=C\CCCCCCCC(=O)NC(COC1OC(CO)C(OC2OC(CO)C(OC3OC(CO)C(O)C(O)C3O)C(O)C2O)C(O)C1O)C(O)/C=C/CCCCCCCCCCCCCCCCCCCCCCCCCCCC. The maximum atomic E-state index is 13.4. The Balaban J connectivity index is 1.41. The lowest BCUT2D eigenvalue weighted by molar-refractivity contribution is -0.379. The minimum Gasteiger partial charge on any atom is -0.394 e. The van der Waals surface area contributed by atoms with Crippen LogP contribution in [-0.4, -0.2) is 193 Å². The van der Waals surface area contributed by atoms with Crippen molar-refractivity contribution in [1.82, 2.24) is 5.32 Å². The summed E-state index contributed by atoms with van der Waals surface area (Å²) < 4.78 is 34.3. The van der Waals surface area contributed by atoms with Crippen molar-refractivity contribution in [2.24, 2.45) is 0 Å². The summed E-state index contributed by atoms with van der Waals surface area (Å²) >= 11 is 0. The van der Waals surface area contributed by atoms with Crippen LogP contribution in [0.5, 0.6) is 0 Å². The van der Waals surface area contributed by atoms with Crippen LogP contribution in [0, 0.1) is 0 Å². The highest BCUT2D eigenvalue weighted by atomic mass is 16.8. The van der Waals surface area contributed by atoms with E-state index in [0.717, 1.165) is 64.2 Å². The number of rotatable bonds is 55. The largest absolute Gasteiger partial charge is 0.394 e. The molecule has 3 fully saturated rings. The van der Waals surface area contributed by atoms with Crippen molar-refractivity contribution in [3.63, 3.8) is 0 Å². The van der Waals surface area contributed by atoms with Crippen LogP contribution in [0.25, 0.3) is 0 Å². The molecule has 0 spiro atoms. The van der Waals surface area contributed by atoms with Gasteiger partial charge >= 0.3 is 0 Å². The molecule has 19 heteroatoms. The number of allylic oxidation sites excluding steroid dienone is 3. The molecule has 0 saturated carbocycles. The molecule has 0 aliphatic carbocycles. The Labute approximate surface area is 530 Å². The van der Waals surface area contributed by atoms with E-state index in [4.69, 9.17) is 28.4 Å². The Bertz CT molecular complexity index is 1690. The van der Waals surface area contributed by atoms with Crippen LogP contribution in [0.1, 0.15) is 277 Å². The molecule has 3 aliphatic rings. The van der Waals surface area contributed by atoms with Gasteiger partial charge in [-0.2, -0.15) is 0 Å².